The number of aryl methyl sites for hydroxylation is 2. The molecule has 0 bridgehead atoms. The molecule has 0 saturated carbocycles. The molecule has 0 heterocycles. The Morgan fingerprint density at radius 2 is 1.83 bits per heavy atom. The molecular formula is C17H15ClF3NO. The maximum Gasteiger partial charge on any atom is 0.417 e. The van der Waals surface area contributed by atoms with Gasteiger partial charge in [-0.1, -0.05) is 35.4 Å². The zero-order valence-corrected chi connectivity index (χ0v) is 13.3. The number of halogens is 4. The van der Waals surface area contributed by atoms with Gasteiger partial charge in [0.1, 0.15) is 0 Å². The van der Waals surface area contributed by atoms with Crippen molar-refractivity contribution in [3.8, 4) is 0 Å². The molecule has 0 spiro atoms. The topological polar surface area (TPSA) is 29.1 Å². The lowest BCUT2D eigenvalue weighted by Gasteiger charge is -2.12. The molecule has 1 N–H and O–H groups in total. The maximum atomic E-state index is 12.8. The van der Waals surface area contributed by atoms with E-state index in [-0.39, 0.29) is 18.0 Å². The third kappa shape index (κ3) is 4.48. The lowest BCUT2D eigenvalue weighted by Crippen LogP contribution is -2.16. The minimum Gasteiger partial charge on any atom is -0.326 e. The highest BCUT2D eigenvalue weighted by atomic mass is 35.5. The molecule has 2 aromatic carbocycles. The molecule has 0 aliphatic carbocycles. The number of hydrogen-bond donors (Lipinski definition) is 1. The molecule has 1 amide bonds. The summed E-state index contributed by atoms with van der Waals surface area (Å²) < 4.78 is 38.4. The predicted molar refractivity (Wildman–Crippen MR) is 84.7 cm³/mol. The van der Waals surface area contributed by atoms with E-state index in [1.54, 1.807) is 0 Å². The smallest absolute Gasteiger partial charge is 0.326 e. The van der Waals surface area contributed by atoms with Gasteiger partial charge in [0.2, 0.25) is 5.91 Å². The van der Waals surface area contributed by atoms with Crippen LogP contribution in [0.2, 0.25) is 5.02 Å². The highest BCUT2D eigenvalue weighted by Crippen LogP contribution is 2.36. The Labute approximate surface area is 137 Å². The van der Waals surface area contributed by atoms with E-state index in [9.17, 15) is 18.0 Å². The number of alkyl halides is 3. The highest BCUT2D eigenvalue weighted by Gasteiger charge is 2.33. The zero-order valence-electron chi connectivity index (χ0n) is 12.6. The molecule has 6 heteroatoms. The van der Waals surface area contributed by atoms with E-state index < -0.39 is 16.8 Å². The average Bonchev–Trinajstić information content (AvgIpc) is 2.43. The number of nitrogens with one attached hydrogen (secondary N) is 1. The van der Waals surface area contributed by atoms with Gasteiger partial charge >= 0.3 is 6.18 Å². The van der Waals surface area contributed by atoms with Gasteiger partial charge in [-0.15, -0.1) is 0 Å². The van der Waals surface area contributed by atoms with Gasteiger partial charge in [-0.25, -0.2) is 0 Å². The minimum atomic E-state index is -4.56. The summed E-state index contributed by atoms with van der Waals surface area (Å²) in [6, 6.07) is 8.98. The lowest BCUT2D eigenvalue weighted by molar-refractivity contribution is -0.137. The van der Waals surface area contributed by atoms with Gasteiger partial charge in [-0.2, -0.15) is 13.2 Å². The fraction of sp³-hybridized carbons (Fsp3) is 0.235. The second-order valence-corrected chi connectivity index (χ2v) is 5.75. The van der Waals surface area contributed by atoms with E-state index in [0.717, 1.165) is 28.8 Å². The molecule has 0 saturated heterocycles. The van der Waals surface area contributed by atoms with Crippen molar-refractivity contribution in [3.63, 3.8) is 0 Å². The van der Waals surface area contributed by atoms with Gasteiger partial charge in [-0.3, -0.25) is 4.79 Å². The van der Waals surface area contributed by atoms with Crippen LogP contribution < -0.4 is 5.32 Å². The Hall–Kier alpha value is -2.01. The number of amides is 1. The number of benzene rings is 2. The Kier molecular flexibility index (Phi) is 5.00. The molecule has 23 heavy (non-hydrogen) atoms. The first kappa shape index (κ1) is 17.3. The summed E-state index contributed by atoms with van der Waals surface area (Å²) in [7, 11) is 0. The number of carbonyl (C=O) groups is 1. The van der Waals surface area contributed by atoms with Crippen molar-refractivity contribution in [2.24, 2.45) is 0 Å². The van der Waals surface area contributed by atoms with Crippen LogP contribution in [0, 0.1) is 13.8 Å². The highest BCUT2D eigenvalue weighted by molar-refractivity contribution is 6.31. The standard InChI is InChI=1S/C17H15ClF3NO/c1-10-3-4-12(11(2)7-10)8-16(23)22-13-5-6-15(18)14(9-13)17(19,20)21/h3-7,9H,8H2,1-2H3,(H,22,23). The van der Waals surface area contributed by atoms with Crippen molar-refractivity contribution in [2.75, 3.05) is 5.32 Å². The number of hydrogen-bond acceptors (Lipinski definition) is 1. The van der Waals surface area contributed by atoms with Crippen LogP contribution in [0.4, 0.5) is 18.9 Å². The van der Waals surface area contributed by atoms with Gasteiger partial charge < -0.3 is 5.32 Å². The van der Waals surface area contributed by atoms with Crippen LogP contribution in [0.15, 0.2) is 36.4 Å². The van der Waals surface area contributed by atoms with E-state index in [1.165, 1.54) is 6.07 Å². The largest absolute Gasteiger partial charge is 0.417 e. The van der Waals surface area contributed by atoms with Gasteiger partial charge in [-0.05, 0) is 43.2 Å². The maximum absolute atomic E-state index is 12.8. The van der Waals surface area contributed by atoms with Crippen LogP contribution in [0.3, 0.4) is 0 Å². The molecule has 2 nitrogen and oxygen atoms in total. The van der Waals surface area contributed by atoms with E-state index >= 15 is 0 Å². The Morgan fingerprint density at radius 3 is 2.43 bits per heavy atom. The molecule has 2 rings (SSSR count). The van der Waals surface area contributed by atoms with Crippen LogP contribution in [-0.4, -0.2) is 5.91 Å². The zero-order chi connectivity index (χ0) is 17.2. The van der Waals surface area contributed by atoms with Crippen LogP contribution in [0.25, 0.3) is 0 Å². The lowest BCUT2D eigenvalue weighted by atomic mass is 10.0. The molecule has 2 aromatic rings. The molecule has 0 aromatic heterocycles. The predicted octanol–water partition coefficient (Wildman–Crippen LogP) is 5.16. The fourth-order valence-corrected chi connectivity index (χ4v) is 2.47. The molecule has 0 unspecified atom stereocenters. The summed E-state index contributed by atoms with van der Waals surface area (Å²) in [4.78, 5) is 12.0. The number of rotatable bonds is 3. The molecule has 0 aliphatic heterocycles. The monoisotopic (exact) mass is 341 g/mol. The number of anilines is 1. The van der Waals surface area contributed by atoms with Gasteiger partial charge in [0.05, 0.1) is 17.0 Å². The first-order chi connectivity index (χ1) is 10.7. The summed E-state index contributed by atoms with van der Waals surface area (Å²) >= 11 is 5.55. The van der Waals surface area contributed by atoms with Crippen LogP contribution in [-0.2, 0) is 17.4 Å². The third-order valence-corrected chi connectivity index (χ3v) is 3.73. The molecule has 0 aliphatic rings. The van der Waals surface area contributed by atoms with Crippen molar-refractivity contribution in [1.82, 2.24) is 0 Å². The Balaban J connectivity index is 2.14. The third-order valence-electron chi connectivity index (χ3n) is 3.40. The van der Waals surface area contributed by atoms with Crippen LogP contribution in [0.1, 0.15) is 22.3 Å². The molecular weight excluding hydrogens is 327 g/mol. The Bertz CT molecular complexity index is 741. The summed E-state index contributed by atoms with van der Waals surface area (Å²) in [5.41, 5.74) is 1.98. The molecule has 0 radical (unpaired) electrons. The van der Waals surface area contributed by atoms with Crippen molar-refractivity contribution in [2.45, 2.75) is 26.4 Å². The van der Waals surface area contributed by atoms with Gasteiger partial charge in [0.25, 0.3) is 0 Å². The van der Waals surface area contributed by atoms with E-state index in [2.05, 4.69) is 5.32 Å². The SMILES string of the molecule is Cc1ccc(CC(=O)Nc2ccc(Cl)c(C(F)(F)F)c2)c(C)c1. The first-order valence-electron chi connectivity index (χ1n) is 6.89. The normalized spacial score (nSPS) is 11.4. The number of carbonyl (C=O) groups excluding carboxylic acids is 1. The summed E-state index contributed by atoms with van der Waals surface area (Å²) in [5, 5.41) is 2.08. The summed E-state index contributed by atoms with van der Waals surface area (Å²) in [6.07, 6.45) is -4.47. The van der Waals surface area contributed by atoms with Crippen molar-refractivity contribution in [3.05, 3.63) is 63.7 Å². The average molecular weight is 342 g/mol. The minimum absolute atomic E-state index is 0.0662. The van der Waals surface area contributed by atoms with Gasteiger partial charge in [0, 0.05) is 5.69 Å². The van der Waals surface area contributed by atoms with Crippen molar-refractivity contribution < 1.29 is 18.0 Å². The fourth-order valence-electron chi connectivity index (χ4n) is 2.24. The molecule has 122 valence electrons. The summed E-state index contributed by atoms with van der Waals surface area (Å²) in [6.45, 7) is 3.84. The second kappa shape index (κ2) is 6.62. The van der Waals surface area contributed by atoms with Gasteiger partial charge in [0.15, 0.2) is 0 Å². The second-order valence-electron chi connectivity index (χ2n) is 5.35. The molecule has 0 fully saturated rings. The van der Waals surface area contributed by atoms with Crippen LogP contribution in [0.5, 0.6) is 0 Å². The summed E-state index contributed by atoms with van der Waals surface area (Å²) in [5.74, 6) is -0.382. The van der Waals surface area contributed by atoms with Crippen molar-refractivity contribution >= 4 is 23.2 Å². The quantitative estimate of drug-likeness (QED) is 0.821. The van der Waals surface area contributed by atoms with E-state index in [1.807, 2.05) is 32.0 Å². The Morgan fingerprint density at radius 1 is 1.13 bits per heavy atom. The van der Waals surface area contributed by atoms with Crippen LogP contribution >= 0.6 is 11.6 Å². The van der Waals surface area contributed by atoms with E-state index in [0.29, 0.717) is 0 Å². The van der Waals surface area contributed by atoms with E-state index in [4.69, 9.17) is 11.6 Å². The van der Waals surface area contributed by atoms with Crippen molar-refractivity contribution in [1.29, 1.82) is 0 Å². The molecule has 0 atom stereocenters. The first-order valence-corrected chi connectivity index (χ1v) is 7.27.